The average molecular weight is 186 g/mol. The van der Waals surface area contributed by atoms with Gasteiger partial charge in [0.1, 0.15) is 0 Å². The summed E-state index contributed by atoms with van der Waals surface area (Å²) in [6.07, 6.45) is 1.83. The van der Waals surface area contributed by atoms with Gasteiger partial charge in [0, 0.05) is 24.0 Å². The van der Waals surface area contributed by atoms with Gasteiger partial charge in [0.15, 0.2) is 0 Å². The van der Waals surface area contributed by atoms with Gasteiger partial charge in [-0.1, -0.05) is 13.8 Å². The second-order valence-electron chi connectivity index (χ2n) is 3.14. The zero-order chi connectivity index (χ0) is 9.14. The first-order chi connectivity index (χ1) is 5.59. The fourth-order valence-corrected chi connectivity index (χ4v) is 1.85. The Balaban J connectivity index is 2.64. The second-order valence-corrected chi connectivity index (χ2v) is 4.28. The van der Waals surface area contributed by atoms with Gasteiger partial charge in [-0.15, -0.1) is 11.3 Å². The maximum atomic E-state index is 8.97. The van der Waals surface area contributed by atoms with Crippen molar-refractivity contribution in [3.8, 4) is 0 Å². The Morgan fingerprint density at radius 1 is 1.67 bits per heavy atom. The third kappa shape index (κ3) is 2.55. The number of hydrogen-bond donors (Lipinski definition) is 1. The standard InChI is InChI=1S/C8H14N2OS/c1-6(2)8-9-4-7(12-8)5-10(3)11/h4,6,11H,5H2,1-3H3. The van der Waals surface area contributed by atoms with Crippen LogP contribution in [0.4, 0.5) is 0 Å². The van der Waals surface area contributed by atoms with Crippen molar-refractivity contribution in [2.24, 2.45) is 0 Å². The Kier molecular flexibility index (Phi) is 3.20. The number of aromatic nitrogens is 1. The summed E-state index contributed by atoms with van der Waals surface area (Å²) in [6.45, 7) is 4.79. The molecule has 1 heterocycles. The molecular formula is C8H14N2OS. The van der Waals surface area contributed by atoms with E-state index in [1.807, 2.05) is 6.20 Å². The van der Waals surface area contributed by atoms with Gasteiger partial charge in [-0.25, -0.2) is 4.98 Å². The molecule has 0 unspecified atom stereocenters. The summed E-state index contributed by atoms with van der Waals surface area (Å²) in [5.41, 5.74) is 0. The quantitative estimate of drug-likeness (QED) is 0.734. The first-order valence-corrected chi connectivity index (χ1v) is 4.76. The lowest BCUT2D eigenvalue weighted by Gasteiger charge is -2.03. The van der Waals surface area contributed by atoms with Gasteiger partial charge < -0.3 is 5.21 Å². The van der Waals surface area contributed by atoms with E-state index in [0.717, 1.165) is 14.9 Å². The minimum Gasteiger partial charge on any atom is -0.314 e. The van der Waals surface area contributed by atoms with Crippen LogP contribution in [0.5, 0.6) is 0 Å². The summed E-state index contributed by atoms with van der Waals surface area (Å²) in [6, 6.07) is 0. The largest absolute Gasteiger partial charge is 0.314 e. The predicted molar refractivity (Wildman–Crippen MR) is 49.5 cm³/mol. The van der Waals surface area contributed by atoms with Crippen molar-refractivity contribution in [1.82, 2.24) is 10.0 Å². The molecule has 12 heavy (non-hydrogen) atoms. The maximum Gasteiger partial charge on any atom is 0.0953 e. The van der Waals surface area contributed by atoms with Gasteiger partial charge in [0.25, 0.3) is 0 Å². The van der Waals surface area contributed by atoms with Crippen molar-refractivity contribution >= 4 is 11.3 Å². The fourth-order valence-electron chi connectivity index (χ4n) is 0.888. The van der Waals surface area contributed by atoms with E-state index in [0.29, 0.717) is 12.5 Å². The molecule has 1 rings (SSSR count). The molecule has 0 aliphatic rings. The van der Waals surface area contributed by atoms with Crippen molar-refractivity contribution in [3.05, 3.63) is 16.1 Å². The molecular weight excluding hydrogens is 172 g/mol. The van der Waals surface area contributed by atoms with E-state index in [9.17, 15) is 0 Å². The van der Waals surface area contributed by atoms with Crippen LogP contribution in [0, 0.1) is 0 Å². The van der Waals surface area contributed by atoms with E-state index in [1.165, 1.54) is 0 Å². The average Bonchev–Trinajstić information content (AvgIpc) is 2.34. The Morgan fingerprint density at radius 3 is 2.75 bits per heavy atom. The first-order valence-electron chi connectivity index (χ1n) is 3.94. The summed E-state index contributed by atoms with van der Waals surface area (Å²) in [5.74, 6) is 0.479. The monoisotopic (exact) mass is 186 g/mol. The molecule has 1 aromatic heterocycles. The van der Waals surface area contributed by atoms with E-state index in [1.54, 1.807) is 18.4 Å². The molecule has 0 atom stereocenters. The maximum absolute atomic E-state index is 8.97. The van der Waals surface area contributed by atoms with Crippen molar-refractivity contribution in [2.45, 2.75) is 26.3 Å². The van der Waals surface area contributed by atoms with Gasteiger partial charge in [0.2, 0.25) is 0 Å². The minimum atomic E-state index is 0.479. The van der Waals surface area contributed by atoms with Crippen LogP contribution in [-0.2, 0) is 6.54 Å². The summed E-state index contributed by atoms with van der Waals surface area (Å²) >= 11 is 1.66. The molecule has 0 bridgehead atoms. The van der Waals surface area contributed by atoms with Gasteiger partial charge in [-0.2, -0.15) is 5.06 Å². The minimum absolute atomic E-state index is 0.479. The van der Waals surface area contributed by atoms with E-state index in [2.05, 4.69) is 18.8 Å². The van der Waals surface area contributed by atoms with Gasteiger partial charge in [0.05, 0.1) is 11.6 Å². The highest BCUT2D eigenvalue weighted by Gasteiger charge is 2.06. The number of rotatable bonds is 3. The zero-order valence-corrected chi connectivity index (χ0v) is 8.43. The molecule has 0 saturated heterocycles. The lowest BCUT2D eigenvalue weighted by molar-refractivity contribution is -0.0723. The summed E-state index contributed by atoms with van der Waals surface area (Å²) < 4.78 is 0. The third-order valence-corrected chi connectivity index (χ3v) is 2.73. The zero-order valence-electron chi connectivity index (χ0n) is 7.61. The highest BCUT2D eigenvalue weighted by atomic mass is 32.1. The molecule has 1 N–H and O–H groups in total. The van der Waals surface area contributed by atoms with Crippen molar-refractivity contribution in [1.29, 1.82) is 0 Å². The molecule has 0 aromatic carbocycles. The second kappa shape index (κ2) is 3.98. The van der Waals surface area contributed by atoms with Gasteiger partial charge >= 0.3 is 0 Å². The highest BCUT2D eigenvalue weighted by molar-refractivity contribution is 7.11. The van der Waals surface area contributed by atoms with E-state index >= 15 is 0 Å². The Labute approximate surface area is 76.6 Å². The van der Waals surface area contributed by atoms with Gasteiger partial charge in [-0.3, -0.25) is 0 Å². The van der Waals surface area contributed by atoms with Crippen LogP contribution in [0.3, 0.4) is 0 Å². The molecule has 4 heteroatoms. The van der Waals surface area contributed by atoms with Crippen LogP contribution in [0.15, 0.2) is 6.20 Å². The lowest BCUT2D eigenvalue weighted by atomic mass is 10.2. The molecule has 0 fully saturated rings. The van der Waals surface area contributed by atoms with Crippen LogP contribution in [0.1, 0.15) is 29.7 Å². The van der Waals surface area contributed by atoms with Crippen LogP contribution >= 0.6 is 11.3 Å². The third-order valence-electron chi connectivity index (χ3n) is 1.45. The Morgan fingerprint density at radius 2 is 2.33 bits per heavy atom. The topological polar surface area (TPSA) is 36.4 Å². The SMILES string of the molecule is CC(C)c1ncc(CN(C)O)s1. The normalized spacial score (nSPS) is 11.5. The van der Waals surface area contributed by atoms with Gasteiger partial charge in [-0.05, 0) is 0 Å². The highest BCUT2D eigenvalue weighted by Crippen LogP contribution is 2.21. The van der Waals surface area contributed by atoms with E-state index in [-0.39, 0.29) is 0 Å². The van der Waals surface area contributed by atoms with Crippen molar-refractivity contribution in [3.63, 3.8) is 0 Å². The van der Waals surface area contributed by atoms with E-state index < -0.39 is 0 Å². The Hall–Kier alpha value is -0.450. The van der Waals surface area contributed by atoms with Crippen molar-refractivity contribution < 1.29 is 5.21 Å². The van der Waals surface area contributed by atoms with Crippen LogP contribution in [-0.4, -0.2) is 22.3 Å². The molecule has 0 radical (unpaired) electrons. The van der Waals surface area contributed by atoms with Crippen LogP contribution in [0.25, 0.3) is 0 Å². The fraction of sp³-hybridized carbons (Fsp3) is 0.625. The number of hydroxylamine groups is 2. The number of nitrogens with zero attached hydrogens (tertiary/aromatic N) is 2. The smallest absolute Gasteiger partial charge is 0.0953 e. The van der Waals surface area contributed by atoms with E-state index in [4.69, 9.17) is 5.21 Å². The molecule has 0 amide bonds. The summed E-state index contributed by atoms with van der Waals surface area (Å²) in [4.78, 5) is 5.35. The van der Waals surface area contributed by atoms with Crippen LogP contribution < -0.4 is 0 Å². The first kappa shape index (κ1) is 9.64. The number of hydrogen-bond acceptors (Lipinski definition) is 4. The van der Waals surface area contributed by atoms with Crippen LogP contribution in [0.2, 0.25) is 0 Å². The van der Waals surface area contributed by atoms with Crippen molar-refractivity contribution in [2.75, 3.05) is 7.05 Å². The number of thiazole rings is 1. The molecule has 1 aromatic rings. The molecule has 68 valence electrons. The molecule has 0 spiro atoms. The molecule has 0 aliphatic carbocycles. The Bertz CT molecular complexity index is 245. The lowest BCUT2D eigenvalue weighted by Crippen LogP contribution is -2.10. The molecule has 3 nitrogen and oxygen atoms in total. The predicted octanol–water partition coefficient (Wildman–Crippen LogP) is 2.09. The molecule has 0 aliphatic heterocycles. The summed E-state index contributed by atoms with van der Waals surface area (Å²) in [7, 11) is 1.63. The molecule has 0 saturated carbocycles. The summed E-state index contributed by atoms with van der Waals surface area (Å²) in [5, 5.41) is 11.3.